The standard InChI is InChI=1S/C13H27N4O6PS3/c1-6-21-24(25,22-7-2)9-8-15-27(20)10-14-13(19)23-16-11(26-5)12(18)17(3)4/h15H,6-10H2,1-5H3,(H,14,19). The Kier molecular flexibility index (Phi) is 14.4. The number of carbonyl (C=O) groups excluding carboxylic acids is 2. The first-order valence-corrected chi connectivity index (χ1v) is 13.3. The zero-order chi connectivity index (χ0) is 20.9. The van der Waals surface area contributed by atoms with E-state index in [0.29, 0.717) is 25.9 Å². The van der Waals surface area contributed by atoms with Crippen LogP contribution in [0.25, 0.3) is 0 Å². The number of carbonyl (C=O) groups is 2. The van der Waals surface area contributed by atoms with Crippen molar-refractivity contribution < 1.29 is 28.0 Å². The predicted octanol–water partition coefficient (Wildman–Crippen LogP) is 1.07. The lowest BCUT2D eigenvalue weighted by Crippen LogP contribution is -2.38. The van der Waals surface area contributed by atoms with Gasteiger partial charge in [-0.15, -0.1) is 16.5 Å². The highest BCUT2D eigenvalue weighted by atomic mass is 32.5. The van der Waals surface area contributed by atoms with Crippen molar-refractivity contribution in [2.75, 3.05) is 52.1 Å². The molecule has 0 rings (SSSR count). The first-order valence-electron chi connectivity index (χ1n) is 7.97. The molecule has 0 aromatic heterocycles. The molecule has 0 aromatic carbocycles. The van der Waals surface area contributed by atoms with Crippen LogP contribution in [0.5, 0.6) is 0 Å². The maximum atomic E-state index is 11.9. The van der Waals surface area contributed by atoms with E-state index in [9.17, 15) is 14.1 Å². The molecule has 1 atom stereocenters. The second-order valence-electron chi connectivity index (χ2n) is 4.91. The summed E-state index contributed by atoms with van der Waals surface area (Å²) in [6.07, 6.45) is 1.12. The number of hydrogen-bond acceptors (Lipinski definition) is 10. The minimum absolute atomic E-state index is 0.0204. The number of amides is 2. The molecule has 0 aliphatic heterocycles. The summed E-state index contributed by atoms with van der Waals surface area (Å²) in [5.74, 6) is -0.587. The second-order valence-corrected chi connectivity index (χ2v) is 10.8. The smallest absolute Gasteiger partial charge is 0.437 e. The van der Waals surface area contributed by atoms with Gasteiger partial charge in [-0.2, -0.15) is 0 Å². The summed E-state index contributed by atoms with van der Waals surface area (Å²) < 4.78 is 25.5. The van der Waals surface area contributed by atoms with E-state index in [1.54, 1.807) is 20.4 Å². The van der Waals surface area contributed by atoms with Gasteiger partial charge in [-0.05, 0) is 31.9 Å². The Morgan fingerprint density at radius 3 is 2.37 bits per heavy atom. The Hall–Kier alpha value is -0.400. The van der Waals surface area contributed by atoms with Gasteiger partial charge in [-0.3, -0.25) is 14.9 Å². The van der Waals surface area contributed by atoms with Crippen LogP contribution in [0.4, 0.5) is 4.79 Å². The second kappa shape index (κ2) is 14.6. The van der Waals surface area contributed by atoms with E-state index >= 15 is 0 Å². The summed E-state index contributed by atoms with van der Waals surface area (Å²) in [5.41, 5.74) is 0. The summed E-state index contributed by atoms with van der Waals surface area (Å²) >= 11 is 4.86. The molecule has 2 N–H and O–H groups in total. The Morgan fingerprint density at radius 2 is 1.89 bits per heavy atom. The number of rotatable bonds is 11. The number of hydrogen-bond donors (Lipinski definition) is 2. The lowest BCUT2D eigenvalue weighted by atomic mass is 10.6. The Labute approximate surface area is 172 Å². The average molecular weight is 463 g/mol. The van der Waals surface area contributed by atoms with Crippen molar-refractivity contribution in [3.63, 3.8) is 0 Å². The normalized spacial score (nSPS) is 13.2. The summed E-state index contributed by atoms with van der Waals surface area (Å²) in [4.78, 5) is 29.2. The van der Waals surface area contributed by atoms with Crippen molar-refractivity contribution in [2.45, 2.75) is 13.8 Å². The third-order valence-corrected chi connectivity index (χ3v) is 7.47. The monoisotopic (exact) mass is 462 g/mol. The molecule has 0 fully saturated rings. The van der Waals surface area contributed by atoms with Crippen LogP contribution in [-0.4, -0.2) is 78.6 Å². The number of oxime groups is 1. The van der Waals surface area contributed by atoms with Crippen molar-refractivity contribution in [1.82, 2.24) is 14.9 Å². The molecule has 0 spiro atoms. The molecule has 0 aromatic rings. The van der Waals surface area contributed by atoms with Crippen LogP contribution in [0.15, 0.2) is 5.16 Å². The van der Waals surface area contributed by atoms with Gasteiger partial charge in [-0.1, -0.05) is 5.16 Å². The third-order valence-electron chi connectivity index (χ3n) is 2.64. The van der Waals surface area contributed by atoms with Gasteiger partial charge in [0.05, 0.1) is 31.1 Å². The fourth-order valence-corrected chi connectivity index (χ4v) is 5.21. The van der Waals surface area contributed by atoms with Crippen molar-refractivity contribution >= 4 is 58.5 Å². The minimum Gasteiger partial charge on any atom is -0.597 e. The van der Waals surface area contributed by atoms with E-state index in [1.807, 2.05) is 13.8 Å². The maximum Gasteiger partial charge on any atom is 0.437 e. The van der Waals surface area contributed by atoms with Gasteiger partial charge >= 0.3 is 6.09 Å². The fourth-order valence-electron chi connectivity index (χ4n) is 1.50. The SMILES string of the molecule is CCOP(=S)(CCN[S+]([O-])CNC(=O)ON=C(SC)C(=O)N(C)C)OCC. The largest absolute Gasteiger partial charge is 0.597 e. The van der Waals surface area contributed by atoms with E-state index in [1.165, 1.54) is 4.90 Å². The molecule has 0 aliphatic carbocycles. The number of nitrogens with one attached hydrogen (secondary N) is 2. The van der Waals surface area contributed by atoms with Crippen LogP contribution in [0.2, 0.25) is 0 Å². The van der Waals surface area contributed by atoms with Gasteiger partial charge in [0, 0.05) is 20.3 Å². The molecule has 158 valence electrons. The molecule has 27 heavy (non-hydrogen) atoms. The van der Waals surface area contributed by atoms with Crippen LogP contribution in [0.3, 0.4) is 0 Å². The molecular formula is C13H27N4O6PS3. The molecule has 0 aliphatic rings. The van der Waals surface area contributed by atoms with Gasteiger partial charge in [0.15, 0.2) is 6.49 Å². The van der Waals surface area contributed by atoms with E-state index in [0.717, 1.165) is 11.8 Å². The van der Waals surface area contributed by atoms with E-state index in [4.69, 9.17) is 20.9 Å². The van der Waals surface area contributed by atoms with E-state index < -0.39 is 23.9 Å². The average Bonchev–Trinajstić information content (AvgIpc) is 2.60. The van der Waals surface area contributed by atoms with Crippen LogP contribution in [0.1, 0.15) is 13.8 Å². The zero-order valence-corrected chi connectivity index (χ0v) is 19.4. The van der Waals surface area contributed by atoms with Gasteiger partial charge in [0.25, 0.3) is 5.91 Å². The summed E-state index contributed by atoms with van der Waals surface area (Å²) in [6.45, 7) is 2.48. The van der Waals surface area contributed by atoms with Crippen molar-refractivity contribution in [2.24, 2.45) is 5.16 Å². The number of thioether (sulfide) groups is 1. The van der Waals surface area contributed by atoms with Crippen molar-refractivity contribution in [3.05, 3.63) is 0 Å². The predicted molar refractivity (Wildman–Crippen MR) is 113 cm³/mol. The molecule has 0 radical (unpaired) electrons. The van der Waals surface area contributed by atoms with Crippen molar-refractivity contribution in [1.29, 1.82) is 0 Å². The molecule has 0 saturated carbocycles. The molecule has 2 amide bonds. The fraction of sp³-hybridized carbons (Fsp3) is 0.769. The van der Waals surface area contributed by atoms with Gasteiger partial charge in [0.2, 0.25) is 10.9 Å². The summed E-state index contributed by atoms with van der Waals surface area (Å²) in [5, 5.41) is 5.80. The van der Waals surface area contributed by atoms with Crippen LogP contribution in [-0.2, 0) is 41.8 Å². The highest BCUT2D eigenvalue weighted by Gasteiger charge is 2.19. The highest BCUT2D eigenvalue weighted by Crippen LogP contribution is 2.47. The van der Waals surface area contributed by atoms with Crippen LogP contribution >= 0.6 is 18.3 Å². The molecule has 14 heteroatoms. The lowest BCUT2D eigenvalue weighted by molar-refractivity contribution is -0.121. The maximum absolute atomic E-state index is 11.9. The van der Waals surface area contributed by atoms with Crippen LogP contribution < -0.4 is 10.0 Å². The first-order chi connectivity index (χ1) is 12.7. The minimum atomic E-state index is -2.39. The van der Waals surface area contributed by atoms with Gasteiger partial charge in [0.1, 0.15) is 0 Å². The Balaban J connectivity index is 4.27. The molecule has 10 nitrogen and oxygen atoms in total. The Morgan fingerprint density at radius 1 is 1.30 bits per heavy atom. The molecule has 0 bridgehead atoms. The number of nitrogens with zero attached hydrogens (tertiary/aromatic N) is 2. The summed E-state index contributed by atoms with van der Waals surface area (Å²) in [6, 6.07) is 0. The molecule has 0 saturated heterocycles. The van der Waals surface area contributed by atoms with E-state index in [2.05, 4.69) is 20.0 Å². The zero-order valence-electron chi connectivity index (χ0n) is 16.1. The molecular weight excluding hydrogens is 435 g/mol. The van der Waals surface area contributed by atoms with Crippen LogP contribution in [0, 0.1) is 0 Å². The lowest BCUT2D eigenvalue weighted by Gasteiger charge is -2.21. The molecule has 0 heterocycles. The third kappa shape index (κ3) is 11.9. The quantitative estimate of drug-likeness (QED) is 0.116. The van der Waals surface area contributed by atoms with E-state index in [-0.39, 0.29) is 16.8 Å². The Bertz CT molecular complexity index is 542. The molecule has 1 unspecified atom stereocenters. The first kappa shape index (κ1) is 26.6. The highest BCUT2D eigenvalue weighted by molar-refractivity contribution is 8.15. The van der Waals surface area contributed by atoms with Gasteiger partial charge in [-0.25, -0.2) is 4.79 Å². The van der Waals surface area contributed by atoms with Crippen molar-refractivity contribution in [3.8, 4) is 0 Å². The topological polar surface area (TPSA) is 125 Å². The summed E-state index contributed by atoms with van der Waals surface area (Å²) in [7, 11) is 3.11. The van der Waals surface area contributed by atoms with Gasteiger partial charge < -0.3 is 18.5 Å².